The molecule has 2 aromatic rings. The molecule has 0 aliphatic carbocycles. The Bertz CT molecular complexity index is 616. The van der Waals surface area contributed by atoms with E-state index < -0.39 is 0 Å². The molecule has 0 aliphatic heterocycles. The van der Waals surface area contributed by atoms with E-state index >= 15 is 0 Å². The third-order valence-corrected chi connectivity index (χ3v) is 5.52. The molecule has 0 spiro atoms. The van der Waals surface area contributed by atoms with Gasteiger partial charge in [-0.05, 0) is 33.5 Å². The fourth-order valence-corrected chi connectivity index (χ4v) is 4.42. The number of carbonyl (C=O) groups excluding carboxylic acids is 1. The fraction of sp³-hybridized carbons (Fsp3) is 0.308. The maximum Gasteiger partial charge on any atom is 0.350 e. The molecule has 0 aliphatic rings. The van der Waals surface area contributed by atoms with Crippen molar-refractivity contribution in [1.82, 2.24) is 0 Å². The van der Waals surface area contributed by atoms with E-state index in [1.54, 1.807) is 11.3 Å². The Morgan fingerprint density at radius 3 is 2.63 bits per heavy atom. The van der Waals surface area contributed by atoms with E-state index in [1.807, 2.05) is 6.07 Å². The molecule has 6 heteroatoms. The average Bonchev–Trinajstić information content (AvgIpc) is 2.92. The van der Waals surface area contributed by atoms with Crippen molar-refractivity contribution in [3.05, 3.63) is 25.7 Å². The van der Waals surface area contributed by atoms with Gasteiger partial charge >= 0.3 is 5.97 Å². The highest BCUT2D eigenvalue weighted by molar-refractivity contribution is 9.11. The summed E-state index contributed by atoms with van der Waals surface area (Å²) in [6, 6.07) is 2.04. The Labute approximate surface area is 128 Å². The van der Waals surface area contributed by atoms with Crippen molar-refractivity contribution >= 4 is 50.3 Å². The summed E-state index contributed by atoms with van der Waals surface area (Å²) < 4.78 is 5.85. The molecule has 19 heavy (non-hydrogen) atoms. The number of anilines is 1. The molecule has 3 nitrogen and oxygen atoms in total. The topological polar surface area (TPSA) is 52.3 Å². The summed E-state index contributed by atoms with van der Waals surface area (Å²) in [5, 5.41) is 2.06. The summed E-state index contributed by atoms with van der Waals surface area (Å²) in [7, 11) is 1.37. The lowest BCUT2D eigenvalue weighted by Crippen LogP contribution is -2.03. The molecule has 0 saturated carbocycles. The first kappa shape index (κ1) is 14.6. The summed E-state index contributed by atoms with van der Waals surface area (Å²) in [6.45, 7) is 4.15. The normalized spacial score (nSPS) is 11.0. The number of hydrogen-bond acceptors (Lipinski definition) is 5. The van der Waals surface area contributed by atoms with Crippen LogP contribution in [0.1, 0.15) is 35.0 Å². The van der Waals surface area contributed by atoms with Gasteiger partial charge in [0.2, 0.25) is 0 Å². The van der Waals surface area contributed by atoms with Crippen LogP contribution in [0.3, 0.4) is 0 Å². The lowest BCUT2D eigenvalue weighted by atomic mass is 9.99. The lowest BCUT2D eigenvalue weighted by Gasteiger charge is -2.07. The van der Waals surface area contributed by atoms with Crippen molar-refractivity contribution in [1.29, 1.82) is 0 Å². The maximum atomic E-state index is 11.8. The number of carbonyl (C=O) groups is 1. The number of methoxy groups -OCH3 is 1. The lowest BCUT2D eigenvalue weighted by molar-refractivity contribution is 0.0607. The molecule has 0 unspecified atom stereocenters. The largest absolute Gasteiger partial charge is 0.465 e. The van der Waals surface area contributed by atoms with Gasteiger partial charge in [-0.3, -0.25) is 0 Å². The van der Waals surface area contributed by atoms with Gasteiger partial charge in [-0.15, -0.1) is 22.7 Å². The van der Waals surface area contributed by atoms with Crippen LogP contribution >= 0.6 is 38.6 Å². The van der Waals surface area contributed by atoms with E-state index in [-0.39, 0.29) is 11.9 Å². The quantitative estimate of drug-likeness (QED) is 0.805. The van der Waals surface area contributed by atoms with Crippen molar-refractivity contribution in [2.24, 2.45) is 0 Å². The van der Waals surface area contributed by atoms with Crippen LogP contribution in [0.5, 0.6) is 0 Å². The monoisotopic (exact) mass is 359 g/mol. The Hall–Kier alpha value is -0.850. The molecule has 0 fully saturated rings. The van der Waals surface area contributed by atoms with Gasteiger partial charge in [-0.1, -0.05) is 13.8 Å². The Kier molecular flexibility index (Phi) is 4.32. The van der Waals surface area contributed by atoms with Crippen LogP contribution in [0.25, 0.3) is 10.4 Å². The minimum absolute atomic E-state index is 0.253. The number of esters is 1. The van der Waals surface area contributed by atoms with Crippen LogP contribution in [0.4, 0.5) is 5.69 Å². The molecule has 2 heterocycles. The zero-order valence-electron chi connectivity index (χ0n) is 10.8. The van der Waals surface area contributed by atoms with Gasteiger partial charge in [0.1, 0.15) is 4.88 Å². The highest BCUT2D eigenvalue weighted by Crippen LogP contribution is 2.44. The first-order valence-corrected chi connectivity index (χ1v) is 8.19. The fourth-order valence-electron chi connectivity index (χ4n) is 1.92. The van der Waals surface area contributed by atoms with Gasteiger partial charge in [0, 0.05) is 15.8 Å². The Morgan fingerprint density at radius 1 is 1.47 bits per heavy atom. The van der Waals surface area contributed by atoms with Crippen LogP contribution in [-0.2, 0) is 4.74 Å². The van der Waals surface area contributed by atoms with Gasteiger partial charge in [0.05, 0.1) is 16.6 Å². The second-order valence-corrected chi connectivity index (χ2v) is 7.68. The molecule has 2 N–H and O–H groups in total. The predicted octanol–water partition coefficient (Wildman–Crippen LogP) is 4.73. The van der Waals surface area contributed by atoms with Gasteiger partial charge < -0.3 is 10.5 Å². The molecule has 2 rings (SSSR count). The molecule has 0 amide bonds. The number of nitrogens with two attached hydrogens (primary N) is 1. The van der Waals surface area contributed by atoms with E-state index in [4.69, 9.17) is 10.5 Å². The van der Waals surface area contributed by atoms with Crippen molar-refractivity contribution in [3.63, 3.8) is 0 Å². The summed E-state index contributed by atoms with van der Waals surface area (Å²) in [5.74, 6) is -0.117. The molecule has 0 bridgehead atoms. The van der Waals surface area contributed by atoms with Crippen LogP contribution < -0.4 is 5.73 Å². The first-order chi connectivity index (χ1) is 8.95. The smallest absolute Gasteiger partial charge is 0.350 e. The maximum absolute atomic E-state index is 11.8. The summed E-state index contributed by atoms with van der Waals surface area (Å²) in [5.41, 5.74) is 8.79. The van der Waals surface area contributed by atoms with Crippen molar-refractivity contribution in [2.75, 3.05) is 12.8 Å². The number of halogens is 1. The third-order valence-electron chi connectivity index (χ3n) is 2.76. The second-order valence-electron chi connectivity index (χ2n) is 4.37. The SMILES string of the molecule is COC(=O)c1sc(-c2csc(Br)c2)c(C(C)C)c1N. The third kappa shape index (κ3) is 2.70. The number of hydrogen-bond donors (Lipinski definition) is 1. The zero-order chi connectivity index (χ0) is 14.2. The van der Waals surface area contributed by atoms with E-state index in [0.29, 0.717) is 10.6 Å². The molecule has 0 radical (unpaired) electrons. The molecule has 0 atom stereocenters. The molecular formula is C13H14BrNO2S2. The number of thiophene rings is 2. The van der Waals surface area contributed by atoms with Crippen molar-refractivity contribution in [2.45, 2.75) is 19.8 Å². The van der Waals surface area contributed by atoms with Gasteiger partial charge in [0.25, 0.3) is 0 Å². The van der Waals surface area contributed by atoms with E-state index in [0.717, 1.165) is 19.8 Å². The van der Waals surface area contributed by atoms with Gasteiger partial charge in [-0.25, -0.2) is 4.79 Å². The summed E-state index contributed by atoms with van der Waals surface area (Å²) in [4.78, 5) is 13.3. The molecule has 2 aromatic heterocycles. The van der Waals surface area contributed by atoms with E-state index in [2.05, 4.69) is 35.2 Å². The number of nitrogen functional groups attached to an aromatic ring is 1. The highest BCUT2D eigenvalue weighted by Gasteiger charge is 2.24. The van der Waals surface area contributed by atoms with Crippen LogP contribution in [0.15, 0.2) is 15.2 Å². The first-order valence-electron chi connectivity index (χ1n) is 5.70. The van der Waals surface area contributed by atoms with Crippen LogP contribution in [0.2, 0.25) is 0 Å². The molecule has 0 aromatic carbocycles. The van der Waals surface area contributed by atoms with Crippen molar-refractivity contribution in [3.8, 4) is 10.4 Å². The van der Waals surface area contributed by atoms with Crippen molar-refractivity contribution < 1.29 is 9.53 Å². The standard InChI is InChI=1S/C13H14BrNO2S2/c1-6(2)9-10(15)12(13(16)17-3)19-11(9)7-4-8(14)18-5-7/h4-6H,15H2,1-3H3. The van der Waals surface area contributed by atoms with Crippen LogP contribution in [0, 0.1) is 0 Å². The Morgan fingerprint density at radius 2 is 2.16 bits per heavy atom. The second kappa shape index (κ2) is 5.64. The predicted molar refractivity (Wildman–Crippen MR) is 85.2 cm³/mol. The van der Waals surface area contributed by atoms with E-state index in [1.165, 1.54) is 18.4 Å². The summed E-state index contributed by atoms with van der Waals surface area (Å²) >= 11 is 6.47. The van der Waals surface area contributed by atoms with Gasteiger partial charge in [-0.2, -0.15) is 0 Å². The minimum atomic E-state index is -0.370. The summed E-state index contributed by atoms with van der Waals surface area (Å²) in [6.07, 6.45) is 0. The molecular weight excluding hydrogens is 346 g/mol. The van der Waals surface area contributed by atoms with E-state index in [9.17, 15) is 4.79 Å². The molecule has 0 saturated heterocycles. The number of rotatable bonds is 3. The molecule has 102 valence electrons. The van der Waals surface area contributed by atoms with Crippen LogP contribution in [-0.4, -0.2) is 13.1 Å². The number of ether oxygens (including phenoxy) is 1. The Balaban J connectivity index is 2.63. The zero-order valence-corrected chi connectivity index (χ0v) is 14.0. The highest BCUT2D eigenvalue weighted by atomic mass is 79.9. The van der Waals surface area contributed by atoms with Gasteiger partial charge in [0.15, 0.2) is 0 Å². The minimum Gasteiger partial charge on any atom is -0.465 e. The average molecular weight is 360 g/mol.